The number of pyridine rings is 1. The standard InChI is InChI=1S/C29H30N4OS/c1-17-14-18(2)27(19(3)15-17)32-20(4)16-22(21(32)5)28-26(23-10-8-9-13-30-23)31-29(35)33(28)24-11-6-7-12-25(24)34/h6-16,26,28,34H,1-5H3,(H,31,35)/t26-,28-/m0/s1. The van der Waals surface area contributed by atoms with Crippen LogP contribution in [0.2, 0.25) is 0 Å². The topological polar surface area (TPSA) is 53.3 Å². The summed E-state index contributed by atoms with van der Waals surface area (Å²) in [7, 11) is 0. The normalized spacial score (nSPS) is 17.6. The van der Waals surface area contributed by atoms with Crippen molar-refractivity contribution < 1.29 is 5.11 Å². The fraction of sp³-hybridized carbons (Fsp3) is 0.241. The molecule has 3 heterocycles. The predicted molar refractivity (Wildman–Crippen MR) is 145 cm³/mol. The van der Waals surface area contributed by atoms with E-state index < -0.39 is 0 Å². The summed E-state index contributed by atoms with van der Waals surface area (Å²) in [4.78, 5) is 6.69. The molecule has 2 atom stereocenters. The fourth-order valence-corrected chi connectivity index (χ4v) is 5.89. The van der Waals surface area contributed by atoms with Crippen molar-refractivity contribution in [2.24, 2.45) is 0 Å². The third-order valence-electron chi connectivity index (χ3n) is 6.89. The first-order valence-electron chi connectivity index (χ1n) is 11.8. The number of anilines is 1. The van der Waals surface area contributed by atoms with Crippen molar-refractivity contribution in [3.8, 4) is 11.4 Å². The molecule has 1 aliphatic rings. The molecule has 0 unspecified atom stereocenters. The van der Waals surface area contributed by atoms with Crippen LogP contribution in [-0.2, 0) is 0 Å². The van der Waals surface area contributed by atoms with Crippen LogP contribution in [0, 0.1) is 34.6 Å². The Morgan fingerprint density at radius 1 is 0.914 bits per heavy atom. The molecule has 178 valence electrons. The van der Waals surface area contributed by atoms with Crippen molar-refractivity contribution >= 4 is 23.0 Å². The second kappa shape index (κ2) is 8.86. The van der Waals surface area contributed by atoms with Crippen LogP contribution < -0.4 is 10.2 Å². The molecule has 1 saturated heterocycles. The first kappa shape index (κ1) is 23.1. The Balaban J connectivity index is 1.73. The molecule has 5 nitrogen and oxygen atoms in total. The number of nitrogens with zero attached hydrogens (tertiary/aromatic N) is 3. The van der Waals surface area contributed by atoms with Crippen molar-refractivity contribution in [3.05, 3.63) is 106 Å². The van der Waals surface area contributed by atoms with Crippen molar-refractivity contribution in [1.82, 2.24) is 14.9 Å². The minimum Gasteiger partial charge on any atom is -0.506 e. The lowest BCUT2D eigenvalue weighted by molar-refractivity contribution is 0.472. The molecule has 0 spiro atoms. The number of para-hydroxylation sites is 2. The number of thiocarbonyl (C=S) groups is 1. The van der Waals surface area contributed by atoms with Gasteiger partial charge in [-0.15, -0.1) is 0 Å². The number of rotatable bonds is 4. The Labute approximate surface area is 212 Å². The number of phenols is 1. The molecule has 6 heteroatoms. The van der Waals surface area contributed by atoms with Gasteiger partial charge in [0.2, 0.25) is 0 Å². The molecule has 5 rings (SSSR count). The van der Waals surface area contributed by atoms with E-state index in [9.17, 15) is 5.11 Å². The molecule has 0 aliphatic carbocycles. The average Bonchev–Trinajstić information content (AvgIpc) is 3.30. The number of aromatic hydroxyl groups is 1. The Morgan fingerprint density at radius 2 is 1.60 bits per heavy atom. The second-order valence-electron chi connectivity index (χ2n) is 9.39. The van der Waals surface area contributed by atoms with E-state index in [1.165, 1.54) is 22.4 Å². The molecular formula is C29H30N4OS. The van der Waals surface area contributed by atoms with Crippen molar-refractivity contribution in [2.75, 3.05) is 4.90 Å². The highest BCUT2D eigenvalue weighted by Gasteiger charge is 2.43. The van der Waals surface area contributed by atoms with E-state index >= 15 is 0 Å². The highest BCUT2D eigenvalue weighted by molar-refractivity contribution is 7.80. The number of nitrogens with one attached hydrogen (secondary N) is 1. The molecule has 2 aromatic carbocycles. The number of aromatic nitrogens is 2. The maximum atomic E-state index is 10.8. The van der Waals surface area contributed by atoms with Gasteiger partial charge in [0.25, 0.3) is 0 Å². The summed E-state index contributed by atoms with van der Waals surface area (Å²) < 4.78 is 2.35. The zero-order valence-electron chi connectivity index (χ0n) is 20.7. The largest absolute Gasteiger partial charge is 0.506 e. The zero-order chi connectivity index (χ0) is 24.9. The monoisotopic (exact) mass is 482 g/mol. The van der Waals surface area contributed by atoms with Gasteiger partial charge in [-0.25, -0.2) is 0 Å². The van der Waals surface area contributed by atoms with Crippen LogP contribution in [0.25, 0.3) is 5.69 Å². The van der Waals surface area contributed by atoms with E-state index in [0.29, 0.717) is 10.8 Å². The van der Waals surface area contributed by atoms with Gasteiger partial charge in [-0.2, -0.15) is 0 Å². The fourth-order valence-electron chi connectivity index (χ4n) is 5.55. The van der Waals surface area contributed by atoms with Crippen molar-refractivity contribution in [2.45, 2.75) is 46.7 Å². The van der Waals surface area contributed by atoms with Crippen LogP contribution >= 0.6 is 12.2 Å². The lowest BCUT2D eigenvalue weighted by atomic mass is 9.96. The van der Waals surface area contributed by atoms with E-state index in [1.54, 1.807) is 6.07 Å². The second-order valence-corrected chi connectivity index (χ2v) is 9.78. The van der Waals surface area contributed by atoms with Gasteiger partial charge in [-0.1, -0.05) is 35.9 Å². The minimum absolute atomic E-state index is 0.169. The van der Waals surface area contributed by atoms with Gasteiger partial charge in [0.05, 0.1) is 29.2 Å². The molecule has 4 aromatic rings. The van der Waals surface area contributed by atoms with Crippen LogP contribution in [0.4, 0.5) is 5.69 Å². The summed E-state index contributed by atoms with van der Waals surface area (Å²) in [6, 6.07) is 19.7. The van der Waals surface area contributed by atoms with E-state index in [-0.39, 0.29) is 17.8 Å². The maximum absolute atomic E-state index is 10.8. The summed E-state index contributed by atoms with van der Waals surface area (Å²) in [5.74, 6) is 0.197. The van der Waals surface area contributed by atoms with Gasteiger partial charge >= 0.3 is 0 Å². The smallest absolute Gasteiger partial charge is 0.174 e. The molecule has 1 fully saturated rings. The third kappa shape index (κ3) is 3.88. The Hall–Kier alpha value is -3.64. The number of hydrogen-bond acceptors (Lipinski definition) is 3. The Morgan fingerprint density at radius 3 is 2.26 bits per heavy atom. The molecule has 0 saturated carbocycles. The van der Waals surface area contributed by atoms with Crippen molar-refractivity contribution in [1.29, 1.82) is 0 Å². The van der Waals surface area contributed by atoms with E-state index in [1.807, 2.05) is 47.5 Å². The van der Waals surface area contributed by atoms with Gasteiger partial charge in [-0.05, 0) is 93.9 Å². The summed E-state index contributed by atoms with van der Waals surface area (Å²) in [5, 5.41) is 14.8. The zero-order valence-corrected chi connectivity index (χ0v) is 21.5. The number of hydrogen-bond donors (Lipinski definition) is 2. The first-order chi connectivity index (χ1) is 16.8. The predicted octanol–water partition coefficient (Wildman–Crippen LogP) is 6.30. The van der Waals surface area contributed by atoms with Gasteiger partial charge in [-0.3, -0.25) is 4.98 Å². The quantitative estimate of drug-likeness (QED) is 0.335. The molecular weight excluding hydrogens is 452 g/mol. The number of aryl methyl sites for hydroxylation is 4. The van der Waals surface area contributed by atoms with E-state index in [4.69, 9.17) is 12.2 Å². The molecule has 0 bridgehead atoms. The van der Waals surface area contributed by atoms with Gasteiger partial charge < -0.3 is 19.9 Å². The molecule has 2 N–H and O–H groups in total. The molecule has 2 aromatic heterocycles. The van der Waals surface area contributed by atoms with Gasteiger partial charge in [0.1, 0.15) is 5.75 Å². The minimum atomic E-state index is -0.184. The van der Waals surface area contributed by atoms with Crippen LogP contribution in [0.5, 0.6) is 5.75 Å². The molecule has 0 amide bonds. The van der Waals surface area contributed by atoms with Crippen LogP contribution in [0.15, 0.2) is 66.9 Å². The molecule has 35 heavy (non-hydrogen) atoms. The van der Waals surface area contributed by atoms with Crippen LogP contribution in [-0.4, -0.2) is 19.8 Å². The van der Waals surface area contributed by atoms with Gasteiger partial charge in [0.15, 0.2) is 5.11 Å². The summed E-state index contributed by atoms with van der Waals surface area (Å²) in [6.45, 7) is 10.8. The SMILES string of the molecule is Cc1cc(C)c(-n2c(C)cc([C@H]3[C@H](c4ccccn4)NC(=S)N3c3ccccc3O)c2C)c(C)c1. The molecule has 1 aliphatic heterocycles. The average molecular weight is 483 g/mol. The Kier molecular flexibility index (Phi) is 5.85. The summed E-state index contributed by atoms with van der Waals surface area (Å²) in [6.07, 6.45) is 1.81. The lowest BCUT2D eigenvalue weighted by Gasteiger charge is -2.28. The number of benzene rings is 2. The first-order valence-corrected chi connectivity index (χ1v) is 12.2. The van der Waals surface area contributed by atoms with Gasteiger partial charge in [0, 0.05) is 17.6 Å². The summed E-state index contributed by atoms with van der Waals surface area (Å²) in [5.41, 5.74) is 10.0. The number of phenolic OH excluding ortho intramolecular Hbond substituents is 1. The lowest BCUT2D eigenvalue weighted by Crippen LogP contribution is -2.29. The third-order valence-corrected chi connectivity index (χ3v) is 7.20. The highest BCUT2D eigenvalue weighted by Crippen LogP contribution is 2.46. The highest BCUT2D eigenvalue weighted by atomic mass is 32.1. The van der Waals surface area contributed by atoms with Crippen LogP contribution in [0.3, 0.4) is 0 Å². The Bertz CT molecular complexity index is 1400. The van der Waals surface area contributed by atoms with E-state index in [2.05, 4.69) is 67.7 Å². The van der Waals surface area contributed by atoms with Crippen LogP contribution in [0.1, 0.15) is 51.4 Å². The molecule has 0 radical (unpaired) electrons. The van der Waals surface area contributed by atoms with E-state index in [0.717, 1.165) is 22.6 Å². The van der Waals surface area contributed by atoms with Crippen molar-refractivity contribution in [3.63, 3.8) is 0 Å². The summed E-state index contributed by atoms with van der Waals surface area (Å²) >= 11 is 5.84. The maximum Gasteiger partial charge on any atom is 0.174 e.